The SMILES string of the molecule is Cn1cc(Nc2ncc3cnn(C4C[C@@H]5C[C@@H]5C4)c3n2)cc1C(=O)N1CCCC1. The zero-order valence-electron chi connectivity index (χ0n) is 16.6. The summed E-state index contributed by atoms with van der Waals surface area (Å²) < 4.78 is 3.96. The molecule has 4 heterocycles. The normalized spacial score (nSPS) is 25.6. The van der Waals surface area contributed by atoms with Gasteiger partial charge < -0.3 is 14.8 Å². The maximum Gasteiger partial charge on any atom is 0.270 e. The first-order chi connectivity index (χ1) is 14.2. The van der Waals surface area contributed by atoms with Crippen LogP contribution in [-0.2, 0) is 7.05 Å². The van der Waals surface area contributed by atoms with Gasteiger partial charge in [-0.1, -0.05) is 0 Å². The standard InChI is InChI=1S/C21H25N7O/c1-26-12-16(9-18(26)20(29)27-4-2-3-5-27)24-21-22-10-15-11-23-28(19(15)25-21)17-7-13-6-14(13)8-17/h9-14,17H,2-8H2,1H3,(H,22,24,25)/t13-,14+,17?. The zero-order valence-corrected chi connectivity index (χ0v) is 16.6. The molecule has 0 spiro atoms. The first-order valence-electron chi connectivity index (χ1n) is 10.6. The van der Waals surface area contributed by atoms with Crippen molar-refractivity contribution in [2.24, 2.45) is 18.9 Å². The van der Waals surface area contributed by atoms with Gasteiger partial charge in [0, 0.05) is 32.5 Å². The maximum absolute atomic E-state index is 12.7. The Bertz CT molecular complexity index is 1080. The van der Waals surface area contributed by atoms with Gasteiger partial charge in [-0.15, -0.1) is 0 Å². The summed E-state index contributed by atoms with van der Waals surface area (Å²) in [5, 5.41) is 8.84. The van der Waals surface area contributed by atoms with Crippen molar-refractivity contribution in [3.05, 3.63) is 30.4 Å². The van der Waals surface area contributed by atoms with Crippen molar-refractivity contribution >= 4 is 28.6 Å². The fourth-order valence-electron chi connectivity index (χ4n) is 5.10. The molecule has 29 heavy (non-hydrogen) atoms. The lowest BCUT2D eigenvalue weighted by atomic mass is 10.2. The Morgan fingerprint density at radius 1 is 1.14 bits per heavy atom. The van der Waals surface area contributed by atoms with Gasteiger partial charge in [0.2, 0.25) is 5.95 Å². The minimum Gasteiger partial charge on any atom is -0.344 e. The summed E-state index contributed by atoms with van der Waals surface area (Å²) in [7, 11) is 1.90. The minimum absolute atomic E-state index is 0.0901. The van der Waals surface area contributed by atoms with Gasteiger partial charge in [-0.2, -0.15) is 10.1 Å². The Kier molecular flexibility index (Phi) is 3.69. The van der Waals surface area contributed by atoms with E-state index in [1.165, 1.54) is 19.3 Å². The van der Waals surface area contributed by atoms with Gasteiger partial charge in [0.25, 0.3) is 5.91 Å². The number of likely N-dealkylation sites (tertiary alicyclic amines) is 1. The second kappa shape index (κ2) is 6.30. The first kappa shape index (κ1) is 17.0. The fourth-order valence-corrected chi connectivity index (χ4v) is 5.10. The van der Waals surface area contributed by atoms with Gasteiger partial charge in [-0.3, -0.25) is 4.79 Å². The van der Waals surface area contributed by atoms with Crippen LogP contribution in [-0.4, -0.2) is 48.2 Å². The molecule has 0 bridgehead atoms. The van der Waals surface area contributed by atoms with Gasteiger partial charge in [-0.25, -0.2) is 9.67 Å². The number of nitrogens with one attached hydrogen (secondary N) is 1. The second-order valence-electron chi connectivity index (χ2n) is 8.79. The highest BCUT2D eigenvalue weighted by Crippen LogP contribution is 2.56. The summed E-state index contributed by atoms with van der Waals surface area (Å²) in [6.45, 7) is 1.69. The van der Waals surface area contributed by atoms with Crippen molar-refractivity contribution in [2.75, 3.05) is 18.4 Å². The molecule has 0 radical (unpaired) electrons. The predicted molar refractivity (Wildman–Crippen MR) is 109 cm³/mol. The molecule has 1 saturated heterocycles. The number of aromatic nitrogens is 5. The summed E-state index contributed by atoms with van der Waals surface area (Å²) in [6.07, 6.45) is 11.6. The van der Waals surface area contributed by atoms with E-state index in [4.69, 9.17) is 4.98 Å². The van der Waals surface area contributed by atoms with Crippen LogP contribution in [0.3, 0.4) is 0 Å². The fraction of sp³-hybridized carbons (Fsp3) is 0.524. The van der Waals surface area contributed by atoms with E-state index in [2.05, 4.69) is 20.1 Å². The van der Waals surface area contributed by atoms with Gasteiger partial charge in [0.15, 0.2) is 5.65 Å². The molecule has 3 fully saturated rings. The summed E-state index contributed by atoms with van der Waals surface area (Å²) in [4.78, 5) is 23.8. The van der Waals surface area contributed by atoms with Crippen molar-refractivity contribution in [2.45, 2.75) is 38.1 Å². The van der Waals surface area contributed by atoms with Crippen LogP contribution in [0.2, 0.25) is 0 Å². The molecule has 1 N–H and O–H groups in total. The largest absolute Gasteiger partial charge is 0.344 e. The molecule has 2 saturated carbocycles. The Labute approximate surface area is 168 Å². The molecule has 3 aromatic heterocycles. The molecule has 2 aliphatic carbocycles. The highest BCUT2D eigenvalue weighted by atomic mass is 16.2. The minimum atomic E-state index is 0.0901. The Morgan fingerprint density at radius 2 is 1.93 bits per heavy atom. The van der Waals surface area contributed by atoms with Crippen LogP contribution in [0.25, 0.3) is 11.0 Å². The lowest BCUT2D eigenvalue weighted by Gasteiger charge is -2.15. The summed E-state index contributed by atoms with van der Waals surface area (Å²) in [5.74, 6) is 2.42. The predicted octanol–water partition coefficient (Wildman–Crippen LogP) is 3.12. The van der Waals surface area contributed by atoms with E-state index in [-0.39, 0.29) is 5.91 Å². The molecule has 150 valence electrons. The van der Waals surface area contributed by atoms with Crippen molar-refractivity contribution in [3.63, 3.8) is 0 Å². The van der Waals surface area contributed by atoms with E-state index in [9.17, 15) is 4.79 Å². The smallest absolute Gasteiger partial charge is 0.270 e. The number of hydrogen-bond acceptors (Lipinski definition) is 5. The van der Waals surface area contributed by atoms with Gasteiger partial charge in [0.05, 0.1) is 23.3 Å². The molecular weight excluding hydrogens is 366 g/mol. The van der Waals surface area contributed by atoms with Crippen molar-refractivity contribution in [1.29, 1.82) is 0 Å². The van der Waals surface area contributed by atoms with Crippen LogP contribution < -0.4 is 5.32 Å². The highest BCUT2D eigenvalue weighted by Gasteiger charge is 2.47. The number of rotatable bonds is 4. The number of amides is 1. The molecule has 1 aliphatic heterocycles. The molecule has 6 rings (SSSR count). The van der Waals surface area contributed by atoms with E-state index in [0.717, 1.165) is 54.5 Å². The molecule has 8 nitrogen and oxygen atoms in total. The van der Waals surface area contributed by atoms with E-state index < -0.39 is 0 Å². The second-order valence-corrected chi connectivity index (χ2v) is 8.79. The van der Waals surface area contributed by atoms with E-state index >= 15 is 0 Å². The van der Waals surface area contributed by atoms with Crippen molar-refractivity contribution in [3.8, 4) is 0 Å². The molecule has 1 unspecified atom stereocenters. The van der Waals surface area contributed by atoms with Gasteiger partial charge >= 0.3 is 0 Å². The first-order valence-corrected chi connectivity index (χ1v) is 10.6. The number of carbonyl (C=O) groups is 1. The van der Waals surface area contributed by atoms with Gasteiger partial charge in [0.1, 0.15) is 5.69 Å². The lowest BCUT2D eigenvalue weighted by Crippen LogP contribution is -2.29. The number of carbonyl (C=O) groups excluding carboxylic acids is 1. The van der Waals surface area contributed by atoms with E-state index in [1.54, 1.807) is 0 Å². The van der Waals surface area contributed by atoms with Crippen LogP contribution in [0.15, 0.2) is 24.7 Å². The van der Waals surface area contributed by atoms with Crippen LogP contribution >= 0.6 is 0 Å². The number of aryl methyl sites for hydroxylation is 1. The zero-order chi connectivity index (χ0) is 19.5. The molecule has 3 atom stereocenters. The maximum atomic E-state index is 12.7. The third-order valence-electron chi connectivity index (χ3n) is 6.77. The molecule has 1 amide bonds. The molecular formula is C21H25N7O. The number of nitrogens with zero attached hydrogens (tertiary/aromatic N) is 6. The quantitative estimate of drug-likeness (QED) is 0.739. The van der Waals surface area contributed by atoms with Crippen molar-refractivity contribution in [1.82, 2.24) is 29.2 Å². The van der Waals surface area contributed by atoms with Crippen LogP contribution in [0.1, 0.15) is 48.6 Å². The Hall–Kier alpha value is -2.90. The van der Waals surface area contributed by atoms with E-state index in [0.29, 0.717) is 17.7 Å². The average Bonchev–Trinajstić information content (AvgIpc) is 3.25. The summed E-state index contributed by atoms with van der Waals surface area (Å²) >= 11 is 0. The van der Waals surface area contributed by atoms with Crippen LogP contribution in [0, 0.1) is 11.8 Å². The van der Waals surface area contributed by atoms with Crippen molar-refractivity contribution < 1.29 is 4.79 Å². The Morgan fingerprint density at radius 3 is 2.72 bits per heavy atom. The molecule has 3 aromatic rings. The summed E-state index contributed by atoms with van der Waals surface area (Å²) in [5.41, 5.74) is 2.39. The lowest BCUT2D eigenvalue weighted by molar-refractivity contribution is 0.0783. The summed E-state index contributed by atoms with van der Waals surface area (Å²) in [6, 6.07) is 2.34. The Balaban J connectivity index is 1.25. The van der Waals surface area contributed by atoms with Crippen LogP contribution in [0.5, 0.6) is 0 Å². The highest BCUT2D eigenvalue weighted by molar-refractivity contribution is 5.94. The monoisotopic (exact) mass is 391 g/mol. The van der Waals surface area contributed by atoms with E-state index in [1.807, 2.05) is 41.2 Å². The third kappa shape index (κ3) is 2.89. The average molecular weight is 391 g/mol. The van der Waals surface area contributed by atoms with Crippen LogP contribution in [0.4, 0.5) is 11.6 Å². The number of anilines is 2. The molecule has 8 heteroatoms. The molecule has 0 aromatic carbocycles. The molecule has 3 aliphatic rings. The third-order valence-corrected chi connectivity index (χ3v) is 6.77. The number of hydrogen-bond donors (Lipinski definition) is 1. The topological polar surface area (TPSA) is 80.9 Å². The van der Waals surface area contributed by atoms with Gasteiger partial charge in [-0.05, 0) is 50.0 Å². The number of fused-ring (bicyclic) bond motifs is 2.